The van der Waals surface area contributed by atoms with E-state index in [9.17, 15) is 4.79 Å². The molecule has 2 aromatic heterocycles. The number of nitrogens with one attached hydrogen (secondary N) is 1. The second-order valence-electron chi connectivity index (χ2n) is 6.60. The Morgan fingerprint density at radius 1 is 1.35 bits per heavy atom. The number of thioether (sulfide) groups is 1. The van der Waals surface area contributed by atoms with Crippen molar-refractivity contribution < 1.29 is 14.1 Å². The minimum absolute atomic E-state index is 0.00745. The predicted octanol–water partition coefficient (Wildman–Crippen LogP) is 3.56. The summed E-state index contributed by atoms with van der Waals surface area (Å²) in [5.41, 5.74) is 2.93. The molecule has 0 saturated heterocycles. The molecule has 0 spiro atoms. The number of hydrogen-bond acceptors (Lipinski definition) is 6. The Balaban J connectivity index is 1.37. The molecule has 1 aliphatic rings. The zero-order valence-electron chi connectivity index (χ0n) is 15.3. The summed E-state index contributed by atoms with van der Waals surface area (Å²) in [5.74, 6) is 2.63. The van der Waals surface area contributed by atoms with Gasteiger partial charge in [0.1, 0.15) is 11.9 Å². The molecule has 1 saturated carbocycles. The van der Waals surface area contributed by atoms with E-state index in [1.165, 1.54) is 12.8 Å². The molecule has 0 radical (unpaired) electrons. The van der Waals surface area contributed by atoms with Crippen LogP contribution in [0.2, 0.25) is 0 Å². The highest BCUT2D eigenvalue weighted by Crippen LogP contribution is 2.23. The van der Waals surface area contributed by atoms with Crippen LogP contribution in [0.25, 0.3) is 0 Å². The van der Waals surface area contributed by atoms with Crippen molar-refractivity contribution in [3.8, 4) is 5.88 Å². The lowest BCUT2D eigenvalue weighted by molar-refractivity contribution is -0.118. The molecule has 1 aliphatic carbocycles. The number of amides is 1. The number of pyridine rings is 1. The Hall–Kier alpha value is -2.02. The SMILES string of the molecule is Cc1noc(C)c1CSCC(=O)NCc1ccc(OC2CCCC2)nc1. The molecule has 1 amide bonds. The zero-order chi connectivity index (χ0) is 18.4. The number of carbonyl (C=O) groups is 1. The van der Waals surface area contributed by atoms with E-state index in [1.807, 2.05) is 26.0 Å². The highest BCUT2D eigenvalue weighted by atomic mass is 32.2. The van der Waals surface area contributed by atoms with Crippen molar-refractivity contribution in [3.05, 3.63) is 40.9 Å². The molecule has 0 bridgehead atoms. The molecular formula is C19H25N3O3S. The van der Waals surface area contributed by atoms with E-state index in [0.717, 1.165) is 41.2 Å². The smallest absolute Gasteiger partial charge is 0.230 e. The summed E-state index contributed by atoms with van der Waals surface area (Å²) in [6.07, 6.45) is 6.78. The second-order valence-corrected chi connectivity index (χ2v) is 7.59. The monoisotopic (exact) mass is 375 g/mol. The molecule has 3 rings (SSSR count). The highest BCUT2D eigenvalue weighted by molar-refractivity contribution is 7.99. The molecule has 0 unspecified atom stereocenters. The summed E-state index contributed by atoms with van der Waals surface area (Å²) in [7, 11) is 0. The van der Waals surface area contributed by atoms with Gasteiger partial charge in [0.15, 0.2) is 0 Å². The van der Waals surface area contributed by atoms with Gasteiger partial charge in [-0.05, 0) is 45.1 Å². The fourth-order valence-corrected chi connectivity index (χ4v) is 3.97. The lowest BCUT2D eigenvalue weighted by Crippen LogP contribution is -2.24. The summed E-state index contributed by atoms with van der Waals surface area (Å²) in [4.78, 5) is 16.3. The summed E-state index contributed by atoms with van der Waals surface area (Å²) >= 11 is 1.56. The molecule has 6 nitrogen and oxygen atoms in total. The summed E-state index contributed by atoms with van der Waals surface area (Å²) in [5, 5.41) is 6.84. The van der Waals surface area contributed by atoms with Gasteiger partial charge in [-0.25, -0.2) is 4.98 Å². The number of aromatic nitrogens is 2. The fraction of sp³-hybridized carbons (Fsp3) is 0.526. The number of aryl methyl sites for hydroxylation is 2. The van der Waals surface area contributed by atoms with Crippen molar-refractivity contribution in [2.45, 2.75) is 57.9 Å². The third-order valence-electron chi connectivity index (χ3n) is 4.54. The van der Waals surface area contributed by atoms with Crippen LogP contribution >= 0.6 is 11.8 Å². The van der Waals surface area contributed by atoms with E-state index >= 15 is 0 Å². The van der Waals surface area contributed by atoms with Gasteiger partial charge in [-0.15, -0.1) is 11.8 Å². The van der Waals surface area contributed by atoms with Crippen LogP contribution in [0.3, 0.4) is 0 Å². The van der Waals surface area contributed by atoms with Crippen molar-refractivity contribution in [1.29, 1.82) is 0 Å². The molecular weight excluding hydrogens is 350 g/mol. The van der Waals surface area contributed by atoms with Gasteiger partial charge >= 0.3 is 0 Å². The number of carbonyl (C=O) groups excluding carboxylic acids is 1. The van der Waals surface area contributed by atoms with Gasteiger partial charge in [-0.3, -0.25) is 4.79 Å². The van der Waals surface area contributed by atoms with Gasteiger partial charge in [0, 0.05) is 30.1 Å². The van der Waals surface area contributed by atoms with E-state index < -0.39 is 0 Å². The first-order valence-corrected chi connectivity index (χ1v) is 10.1. The third kappa shape index (κ3) is 5.24. The minimum Gasteiger partial charge on any atom is -0.474 e. The molecule has 2 heterocycles. The summed E-state index contributed by atoms with van der Waals surface area (Å²) < 4.78 is 11.0. The highest BCUT2D eigenvalue weighted by Gasteiger charge is 2.16. The lowest BCUT2D eigenvalue weighted by atomic mass is 10.2. The molecule has 7 heteroatoms. The van der Waals surface area contributed by atoms with Crippen LogP contribution in [-0.2, 0) is 17.1 Å². The minimum atomic E-state index is 0.00745. The molecule has 0 aromatic carbocycles. The summed E-state index contributed by atoms with van der Waals surface area (Å²) in [6.45, 7) is 4.28. The van der Waals surface area contributed by atoms with Gasteiger partial charge < -0.3 is 14.6 Å². The first-order valence-electron chi connectivity index (χ1n) is 8.99. The first-order chi connectivity index (χ1) is 12.6. The van der Waals surface area contributed by atoms with Crippen LogP contribution in [0.5, 0.6) is 5.88 Å². The van der Waals surface area contributed by atoms with Crippen molar-refractivity contribution in [1.82, 2.24) is 15.5 Å². The Kier molecular flexibility index (Phi) is 6.55. The van der Waals surface area contributed by atoms with Gasteiger partial charge in [0.2, 0.25) is 11.8 Å². The van der Waals surface area contributed by atoms with Crippen LogP contribution in [0.4, 0.5) is 0 Å². The van der Waals surface area contributed by atoms with E-state index in [-0.39, 0.29) is 5.91 Å². The zero-order valence-corrected chi connectivity index (χ0v) is 16.1. The van der Waals surface area contributed by atoms with Gasteiger partial charge in [-0.2, -0.15) is 0 Å². The number of rotatable bonds is 8. The van der Waals surface area contributed by atoms with Crippen molar-refractivity contribution in [3.63, 3.8) is 0 Å². The second kappa shape index (κ2) is 9.07. The molecule has 140 valence electrons. The largest absolute Gasteiger partial charge is 0.474 e. The van der Waals surface area contributed by atoms with Crippen LogP contribution in [-0.4, -0.2) is 27.9 Å². The van der Waals surface area contributed by atoms with Crippen molar-refractivity contribution >= 4 is 17.7 Å². The van der Waals surface area contributed by atoms with Crippen LogP contribution in [0.15, 0.2) is 22.9 Å². The fourth-order valence-electron chi connectivity index (χ4n) is 2.97. The Morgan fingerprint density at radius 3 is 2.81 bits per heavy atom. The lowest BCUT2D eigenvalue weighted by Gasteiger charge is -2.12. The first kappa shape index (κ1) is 18.8. The number of hydrogen-bond donors (Lipinski definition) is 1. The van der Waals surface area contributed by atoms with Gasteiger partial charge in [0.05, 0.1) is 11.4 Å². The Morgan fingerprint density at radius 2 is 2.15 bits per heavy atom. The van der Waals surface area contributed by atoms with E-state index in [4.69, 9.17) is 9.26 Å². The molecule has 0 atom stereocenters. The van der Waals surface area contributed by atoms with E-state index in [1.54, 1.807) is 18.0 Å². The van der Waals surface area contributed by atoms with Crippen LogP contribution in [0, 0.1) is 13.8 Å². The maximum absolute atomic E-state index is 12.0. The quantitative estimate of drug-likeness (QED) is 0.760. The molecule has 1 fully saturated rings. The molecule has 2 aromatic rings. The average Bonchev–Trinajstić information content (AvgIpc) is 3.26. The maximum atomic E-state index is 12.0. The van der Waals surface area contributed by atoms with Gasteiger partial charge in [-0.1, -0.05) is 11.2 Å². The van der Waals surface area contributed by atoms with E-state index in [0.29, 0.717) is 24.3 Å². The molecule has 1 N–H and O–H groups in total. The number of nitrogens with zero attached hydrogens (tertiary/aromatic N) is 2. The Bertz CT molecular complexity index is 705. The van der Waals surface area contributed by atoms with Crippen molar-refractivity contribution in [2.75, 3.05) is 5.75 Å². The van der Waals surface area contributed by atoms with Crippen LogP contribution < -0.4 is 10.1 Å². The standard InChI is InChI=1S/C19H25N3O3S/c1-13-17(14(2)25-22-13)11-26-12-18(23)20-9-15-7-8-19(21-10-15)24-16-5-3-4-6-16/h7-8,10,16H,3-6,9,11-12H2,1-2H3,(H,20,23). The Labute approximate surface area is 158 Å². The van der Waals surface area contributed by atoms with E-state index in [2.05, 4.69) is 15.5 Å². The summed E-state index contributed by atoms with van der Waals surface area (Å²) in [6, 6.07) is 3.83. The third-order valence-corrected chi connectivity index (χ3v) is 5.50. The maximum Gasteiger partial charge on any atom is 0.230 e. The van der Waals surface area contributed by atoms with Crippen LogP contribution in [0.1, 0.15) is 48.3 Å². The normalized spacial score (nSPS) is 14.5. The van der Waals surface area contributed by atoms with Gasteiger partial charge in [0.25, 0.3) is 0 Å². The average molecular weight is 375 g/mol. The topological polar surface area (TPSA) is 77.2 Å². The number of ether oxygens (including phenoxy) is 1. The molecule has 26 heavy (non-hydrogen) atoms. The predicted molar refractivity (Wildman–Crippen MR) is 101 cm³/mol. The van der Waals surface area contributed by atoms with Crippen molar-refractivity contribution in [2.24, 2.45) is 0 Å². The molecule has 0 aliphatic heterocycles.